The zero-order valence-electron chi connectivity index (χ0n) is 10.4. The second-order valence-electron chi connectivity index (χ2n) is 5.22. The van der Waals surface area contributed by atoms with E-state index >= 15 is 0 Å². The number of nitrogens with one attached hydrogen (secondary N) is 1. The minimum atomic E-state index is 0.619. The molecule has 1 nitrogen and oxygen atoms in total. The Morgan fingerprint density at radius 3 is 2.41 bits per heavy atom. The summed E-state index contributed by atoms with van der Waals surface area (Å²) in [5.74, 6) is 0.851. The Morgan fingerprint density at radius 2 is 1.82 bits per heavy atom. The van der Waals surface area contributed by atoms with Crippen LogP contribution in [0.2, 0.25) is 0 Å². The number of hydrogen-bond acceptors (Lipinski definition) is 1. The van der Waals surface area contributed by atoms with E-state index in [0.29, 0.717) is 6.04 Å². The molecular weight excluding hydrogens is 342 g/mol. The van der Waals surface area contributed by atoms with Crippen LogP contribution in [0.3, 0.4) is 0 Å². The Morgan fingerprint density at radius 1 is 1.18 bits per heavy atom. The summed E-state index contributed by atoms with van der Waals surface area (Å²) in [5, 5.41) is 3.68. The van der Waals surface area contributed by atoms with Crippen LogP contribution in [0, 0.1) is 12.8 Å². The van der Waals surface area contributed by atoms with E-state index in [4.69, 9.17) is 0 Å². The highest BCUT2D eigenvalue weighted by Gasteiger charge is 2.20. The van der Waals surface area contributed by atoms with Crippen LogP contribution in [-0.4, -0.2) is 6.04 Å². The quantitative estimate of drug-likeness (QED) is 0.733. The maximum absolute atomic E-state index is 3.68. The highest BCUT2D eigenvalue weighted by Crippen LogP contribution is 2.35. The van der Waals surface area contributed by atoms with Gasteiger partial charge in [-0.25, -0.2) is 0 Å². The molecule has 0 radical (unpaired) electrons. The topological polar surface area (TPSA) is 12.0 Å². The Hall–Kier alpha value is -0.0200. The van der Waals surface area contributed by atoms with Crippen LogP contribution in [0.25, 0.3) is 0 Å². The molecule has 1 N–H and O–H groups in total. The second kappa shape index (κ2) is 5.75. The summed E-state index contributed by atoms with van der Waals surface area (Å²) in [4.78, 5) is 0. The van der Waals surface area contributed by atoms with Gasteiger partial charge in [0.15, 0.2) is 0 Å². The van der Waals surface area contributed by atoms with E-state index in [0.717, 1.165) is 14.9 Å². The summed E-state index contributed by atoms with van der Waals surface area (Å²) in [6.45, 7) is 4.47. The number of benzene rings is 1. The maximum atomic E-state index is 3.68. The summed E-state index contributed by atoms with van der Waals surface area (Å²) in [6, 6.07) is 4.95. The number of hydrogen-bond donors (Lipinski definition) is 1. The normalized spacial score (nSPS) is 24.7. The molecule has 0 saturated heterocycles. The van der Waals surface area contributed by atoms with Gasteiger partial charge >= 0.3 is 0 Å². The minimum absolute atomic E-state index is 0.619. The van der Waals surface area contributed by atoms with Crippen molar-refractivity contribution in [2.75, 3.05) is 5.32 Å². The minimum Gasteiger partial charge on any atom is -0.380 e. The largest absolute Gasteiger partial charge is 0.380 e. The first-order chi connectivity index (χ1) is 8.06. The van der Waals surface area contributed by atoms with Crippen LogP contribution < -0.4 is 5.32 Å². The number of halogens is 2. The Kier molecular flexibility index (Phi) is 4.53. The summed E-state index contributed by atoms with van der Waals surface area (Å²) in [6.07, 6.45) is 5.30. The van der Waals surface area contributed by atoms with Crippen LogP contribution in [-0.2, 0) is 0 Å². The third-order valence-corrected chi connectivity index (χ3v) is 4.72. The van der Waals surface area contributed by atoms with E-state index in [2.05, 4.69) is 63.2 Å². The van der Waals surface area contributed by atoms with Gasteiger partial charge in [-0.3, -0.25) is 0 Å². The molecule has 1 aromatic carbocycles. The van der Waals surface area contributed by atoms with E-state index < -0.39 is 0 Å². The highest BCUT2D eigenvalue weighted by molar-refractivity contribution is 9.11. The number of rotatable bonds is 2. The zero-order chi connectivity index (χ0) is 12.4. The molecule has 0 aromatic heterocycles. The number of aryl methyl sites for hydroxylation is 1. The molecule has 2 unspecified atom stereocenters. The van der Waals surface area contributed by atoms with E-state index in [9.17, 15) is 0 Å². The van der Waals surface area contributed by atoms with Crippen molar-refractivity contribution >= 4 is 37.5 Å². The molecule has 0 heterocycles. The first-order valence-corrected chi connectivity index (χ1v) is 7.87. The first kappa shape index (κ1) is 13.4. The van der Waals surface area contributed by atoms with Crippen LogP contribution in [0.5, 0.6) is 0 Å². The van der Waals surface area contributed by atoms with E-state index in [-0.39, 0.29) is 0 Å². The van der Waals surface area contributed by atoms with Crippen LogP contribution >= 0.6 is 31.9 Å². The van der Waals surface area contributed by atoms with E-state index in [1.807, 2.05) is 0 Å². The van der Waals surface area contributed by atoms with Gasteiger partial charge in [0.05, 0.1) is 5.69 Å². The summed E-state index contributed by atoms with van der Waals surface area (Å²) in [5.41, 5.74) is 2.47. The molecule has 2 atom stereocenters. The molecule has 1 aromatic rings. The molecule has 0 bridgehead atoms. The summed E-state index contributed by atoms with van der Waals surface area (Å²) >= 11 is 7.29. The predicted octanol–water partition coefficient (Wildman–Crippen LogP) is 5.51. The van der Waals surface area contributed by atoms with Gasteiger partial charge in [0.25, 0.3) is 0 Å². The third kappa shape index (κ3) is 3.47. The Labute approximate surface area is 121 Å². The molecule has 1 aliphatic rings. The molecule has 0 aliphatic heterocycles. The SMILES string of the molecule is Cc1cc(Br)c(NC2CCCC(C)C2)c(Br)c1. The summed E-state index contributed by atoms with van der Waals surface area (Å²) in [7, 11) is 0. The molecule has 3 heteroatoms. The van der Waals surface area contributed by atoms with Crippen molar-refractivity contribution in [1.29, 1.82) is 0 Å². The fourth-order valence-corrected chi connectivity index (χ4v) is 4.25. The lowest BCUT2D eigenvalue weighted by Gasteiger charge is -2.29. The molecule has 17 heavy (non-hydrogen) atoms. The number of anilines is 1. The Bertz CT molecular complexity index is 380. The molecule has 1 saturated carbocycles. The predicted molar refractivity (Wildman–Crippen MR) is 81.6 cm³/mol. The fraction of sp³-hybridized carbons (Fsp3) is 0.571. The molecule has 1 fully saturated rings. The third-order valence-electron chi connectivity index (χ3n) is 3.47. The average molecular weight is 361 g/mol. The smallest absolute Gasteiger partial charge is 0.0631 e. The van der Waals surface area contributed by atoms with Gasteiger partial charge in [0.2, 0.25) is 0 Å². The van der Waals surface area contributed by atoms with Crippen molar-refractivity contribution in [3.63, 3.8) is 0 Å². The van der Waals surface area contributed by atoms with Crippen molar-refractivity contribution in [2.45, 2.75) is 45.6 Å². The van der Waals surface area contributed by atoms with Gasteiger partial charge in [-0.15, -0.1) is 0 Å². The second-order valence-corrected chi connectivity index (χ2v) is 6.93. The van der Waals surface area contributed by atoms with Crippen molar-refractivity contribution < 1.29 is 0 Å². The molecule has 2 rings (SSSR count). The fourth-order valence-electron chi connectivity index (χ4n) is 2.61. The van der Waals surface area contributed by atoms with Crippen molar-refractivity contribution in [3.05, 3.63) is 26.6 Å². The van der Waals surface area contributed by atoms with Gasteiger partial charge in [0, 0.05) is 15.0 Å². The van der Waals surface area contributed by atoms with Gasteiger partial charge in [-0.05, 0) is 75.2 Å². The van der Waals surface area contributed by atoms with Gasteiger partial charge in [-0.1, -0.05) is 19.8 Å². The molecule has 0 amide bonds. The van der Waals surface area contributed by atoms with Crippen molar-refractivity contribution in [3.8, 4) is 0 Å². The lowest BCUT2D eigenvalue weighted by Crippen LogP contribution is -2.26. The average Bonchev–Trinajstić information content (AvgIpc) is 2.23. The van der Waals surface area contributed by atoms with Gasteiger partial charge in [0.1, 0.15) is 0 Å². The molecular formula is C14H19Br2N. The lowest BCUT2D eigenvalue weighted by molar-refractivity contribution is 0.358. The molecule has 0 spiro atoms. The standard InChI is InChI=1S/C14H19Br2N/c1-9-4-3-5-11(6-9)17-14-12(15)7-10(2)8-13(14)16/h7-9,11,17H,3-6H2,1-2H3. The van der Waals surface area contributed by atoms with Gasteiger partial charge < -0.3 is 5.32 Å². The first-order valence-electron chi connectivity index (χ1n) is 6.28. The zero-order valence-corrected chi connectivity index (χ0v) is 13.6. The molecule has 1 aliphatic carbocycles. The maximum Gasteiger partial charge on any atom is 0.0631 e. The van der Waals surface area contributed by atoms with Gasteiger partial charge in [-0.2, -0.15) is 0 Å². The Balaban J connectivity index is 2.12. The summed E-state index contributed by atoms with van der Waals surface area (Å²) < 4.78 is 2.31. The monoisotopic (exact) mass is 359 g/mol. The highest BCUT2D eigenvalue weighted by atomic mass is 79.9. The lowest BCUT2D eigenvalue weighted by atomic mass is 9.87. The van der Waals surface area contributed by atoms with E-state index in [1.54, 1.807) is 0 Å². The van der Waals surface area contributed by atoms with Crippen LogP contribution in [0.1, 0.15) is 38.2 Å². The molecule has 94 valence electrons. The van der Waals surface area contributed by atoms with E-state index in [1.165, 1.54) is 36.9 Å². The van der Waals surface area contributed by atoms with Crippen molar-refractivity contribution in [2.24, 2.45) is 5.92 Å². The van der Waals surface area contributed by atoms with Crippen LogP contribution in [0.4, 0.5) is 5.69 Å². The van der Waals surface area contributed by atoms with Crippen molar-refractivity contribution in [1.82, 2.24) is 0 Å². The van der Waals surface area contributed by atoms with Crippen LogP contribution in [0.15, 0.2) is 21.1 Å².